The maximum Gasteiger partial charge on any atom is 0.133 e. The first-order valence-electron chi connectivity index (χ1n) is 3.35. The fourth-order valence-electron chi connectivity index (χ4n) is 1.11. The van der Waals surface area contributed by atoms with Gasteiger partial charge in [-0.25, -0.2) is 4.39 Å². The minimum atomic E-state index is -0.259. The van der Waals surface area contributed by atoms with Gasteiger partial charge in [-0.15, -0.1) is 24.0 Å². The second-order valence-corrected chi connectivity index (χ2v) is 3.96. The fourth-order valence-corrected chi connectivity index (χ4v) is 2.43. The summed E-state index contributed by atoms with van der Waals surface area (Å²) in [4.78, 5) is 0.549. The molecule has 1 nitrogen and oxygen atoms in total. The lowest BCUT2D eigenvalue weighted by Gasteiger charge is -1.91. The van der Waals surface area contributed by atoms with Crippen LogP contribution in [-0.2, 0) is 0 Å². The van der Waals surface area contributed by atoms with Crippen molar-refractivity contribution in [3.63, 3.8) is 0 Å². The standard InChI is InChI=1S/C8H6FNS2/c9-4-2-1-3-5-6(4)7(11)8(10)12-5/h1-3,11H,10H2. The summed E-state index contributed by atoms with van der Waals surface area (Å²) in [5.41, 5.74) is 5.60. The molecule has 0 bridgehead atoms. The summed E-state index contributed by atoms with van der Waals surface area (Å²) in [5, 5.41) is 1.10. The van der Waals surface area contributed by atoms with Crippen LogP contribution in [0, 0.1) is 5.82 Å². The van der Waals surface area contributed by atoms with Crippen molar-refractivity contribution in [2.45, 2.75) is 4.90 Å². The molecule has 0 saturated heterocycles. The van der Waals surface area contributed by atoms with Crippen LogP contribution in [0.5, 0.6) is 0 Å². The Balaban J connectivity index is 2.97. The van der Waals surface area contributed by atoms with Crippen LogP contribution in [0.25, 0.3) is 10.1 Å². The molecule has 0 aliphatic heterocycles. The number of thiophene rings is 1. The molecular formula is C8H6FNS2. The van der Waals surface area contributed by atoms with Gasteiger partial charge in [0, 0.05) is 15.0 Å². The van der Waals surface area contributed by atoms with Crippen molar-refractivity contribution in [1.82, 2.24) is 0 Å². The van der Waals surface area contributed by atoms with Crippen LogP contribution < -0.4 is 5.73 Å². The topological polar surface area (TPSA) is 26.0 Å². The first-order valence-corrected chi connectivity index (χ1v) is 4.62. The van der Waals surface area contributed by atoms with Gasteiger partial charge in [0.25, 0.3) is 0 Å². The van der Waals surface area contributed by atoms with Gasteiger partial charge in [0.2, 0.25) is 0 Å². The molecule has 2 aromatic rings. The van der Waals surface area contributed by atoms with E-state index in [0.29, 0.717) is 15.3 Å². The molecule has 12 heavy (non-hydrogen) atoms. The molecule has 0 amide bonds. The van der Waals surface area contributed by atoms with Gasteiger partial charge in [-0.1, -0.05) is 6.07 Å². The van der Waals surface area contributed by atoms with Crippen LogP contribution in [0.3, 0.4) is 0 Å². The van der Waals surface area contributed by atoms with Crippen molar-refractivity contribution >= 4 is 39.1 Å². The molecule has 0 atom stereocenters. The smallest absolute Gasteiger partial charge is 0.133 e. The summed E-state index contributed by atoms with van der Waals surface area (Å²) in [6.07, 6.45) is 0. The lowest BCUT2D eigenvalue weighted by atomic mass is 10.2. The van der Waals surface area contributed by atoms with Crippen LogP contribution in [0.2, 0.25) is 0 Å². The quantitative estimate of drug-likeness (QED) is 0.627. The Morgan fingerprint density at radius 3 is 2.83 bits per heavy atom. The highest BCUT2D eigenvalue weighted by Crippen LogP contribution is 2.37. The third-order valence-electron chi connectivity index (χ3n) is 1.67. The minimum Gasteiger partial charge on any atom is -0.390 e. The second kappa shape index (κ2) is 2.64. The van der Waals surface area contributed by atoms with Crippen LogP contribution in [0.15, 0.2) is 23.1 Å². The maximum atomic E-state index is 13.2. The highest BCUT2D eigenvalue weighted by molar-refractivity contribution is 7.81. The van der Waals surface area contributed by atoms with Crippen LogP contribution in [0.1, 0.15) is 0 Å². The van der Waals surface area contributed by atoms with Gasteiger partial charge < -0.3 is 5.73 Å². The van der Waals surface area contributed by atoms with Crippen molar-refractivity contribution in [1.29, 1.82) is 0 Å². The molecule has 0 aliphatic rings. The van der Waals surface area contributed by atoms with Gasteiger partial charge >= 0.3 is 0 Å². The number of hydrogen-bond donors (Lipinski definition) is 2. The molecule has 0 radical (unpaired) electrons. The molecule has 4 heteroatoms. The highest BCUT2D eigenvalue weighted by atomic mass is 32.1. The highest BCUT2D eigenvalue weighted by Gasteiger charge is 2.09. The number of benzene rings is 1. The Hall–Kier alpha value is -0.740. The zero-order valence-corrected chi connectivity index (χ0v) is 7.75. The van der Waals surface area contributed by atoms with Crippen LogP contribution in [-0.4, -0.2) is 0 Å². The van der Waals surface area contributed by atoms with E-state index >= 15 is 0 Å². The summed E-state index contributed by atoms with van der Waals surface area (Å²) in [5.74, 6) is -0.259. The lowest BCUT2D eigenvalue weighted by molar-refractivity contribution is 0.638. The molecule has 0 spiro atoms. The largest absolute Gasteiger partial charge is 0.390 e. The maximum absolute atomic E-state index is 13.2. The SMILES string of the molecule is Nc1sc2cccc(F)c2c1S. The van der Waals surface area contributed by atoms with Crippen molar-refractivity contribution < 1.29 is 4.39 Å². The zero-order chi connectivity index (χ0) is 8.72. The summed E-state index contributed by atoms with van der Waals surface area (Å²) in [6, 6.07) is 4.91. The number of halogens is 1. The van der Waals surface area contributed by atoms with Gasteiger partial charge in [-0.2, -0.15) is 0 Å². The number of nitrogens with two attached hydrogens (primary N) is 1. The number of hydrogen-bond acceptors (Lipinski definition) is 3. The third kappa shape index (κ3) is 0.990. The summed E-state index contributed by atoms with van der Waals surface area (Å²) in [6.45, 7) is 0. The Labute approximate surface area is 78.4 Å². The predicted octanol–water partition coefficient (Wildman–Crippen LogP) is 2.91. The van der Waals surface area contributed by atoms with E-state index in [2.05, 4.69) is 12.6 Å². The average Bonchev–Trinajstić information content (AvgIpc) is 2.29. The minimum absolute atomic E-state index is 0.259. The first-order chi connectivity index (χ1) is 5.70. The molecule has 0 fully saturated rings. The van der Waals surface area contributed by atoms with E-state index in [1.807, 2.05) is 6.07 Å². The van der Waals surface area contributed by atoms with Crippen molar-refractivity contribution in [3.8, 4) is 0 Å². The van der Waals surface area contributed by atoms with E-state index in [1.165, 1.54) is 17.4 Å². The first kappa shape index (κ1) is 7.89. The molecular weight excluding hydrogens is 193 g/mol. The van der Waals surface area contributed by atoms with Crippen molar-refractivity contribution in [2.75, 3.05) is 5.73 Å². The van der Waals surface area contributed by atoms with Gasteiger partial charge in [-0.3, -0.25) is 0 Å². The van der Waals surface area contributed by atoms with E-state index in [9.17, 15) is 4.39 Å². The average molecular weight is 199 g/mol. The van der Waals surface area contributed by atoms with Gasteiger partial charge in [-0.05, 0) is 12.1 Å². The van der Waals surface area contributed by atoms with Gasteiger partial charge in [0.15, 0.2) is 0 Å². The Kier molecular flexibility index (Phi) is 1.73. The lowest BCUT2D eigenvalue weighted by Crippen LogP contribution is -1.79. The molecule has 0 unspecified atom stereocenters. The Morgan fingerprint density at radius 1 is 1.42 bits per heavy atom. The second-order valence-electron chi connectivity index (χ2n) is 2.43. The number of anilines is 1. The summed E-state index contributed by atoms with van der Waals surface area (Å²) < 4.78 is 14.0. The monoisotopic (exact) mass is 199 g/mol. The Morgan fingerprint density at radius 2 is 2.17 bits per heavy atom. The Bertz CT molecular complexity index is 436. The predicted molar refractivity (Wildman–Crippen MR) is 53.4 cm³/mol. The number of rotatable bonds is 0. The molecule has 2 rings (SSSR count). The fraction of sp³-hybridized carbons (Fsp3) is 0. The summed E-state index contributed by atoms with van der Waals surface area (Å²) >= 11 is 5.48. The number of thiol groups is 1. The van der Waals surface area contributed by atoms with E-state index in [-0.39, 0.29) is 5.82 Å². The molecule has 1 heterocycles. The van der Waals surface area contributed by atoms with E-state index < -0.39 is 0 Å². The molecule has 1 aromatic carbocycles. The van der Waals surface area contributed by atoms with E-state index in [4.69, 9.17) is 5.73 Å². The normalized spacial score (nSPS) is 10.8. The molecule has 0 saturated carbocycles. The van der Waals surface area contributed by atoms with Crippen molar-refractivity contribution in [3.05, 3.63) is 24.0 Å². The van der Waals surface area contributed by atoms with E-state index in [0.717, 1.165) is 4.70 Å². The van der Waals surface area contributed by atoms with Crippen LogP contribution >= 0.6 is 24.0 Å². The van der Waals surface area contributed by atoms with Crippen molar-refractivity contribution in [2.24, 2.45) is 0 Å². The molecule has 62 valence electrons. The van der Waals surface area contributed by atoms with Gasteiger partial charge in [0.05, 0.1) is 0 Å². The number of nitrogen functional groups attached to an aromatic ring is 1. The molecule has 0 aliphatic carbocycles. The molecule has 1 aromatic heterocycles. The van der Waals surface area contributed by atoms with Crippen LogP contribution in [0.4, 0.5) is 9.39 Å². The van der Waals surface area contributed by atoms with Gasteiger partial charge in [0.1, 0.15) is 10.8 Å². The third-order valence-corrected chi connectivity index (χ3v) is 3.27. The number of fused-ring (bicyclic) bond motifs is 1. The summed E-state index contributed by atoms with van der Waals surface area (Å²) in [7, 11) is 0. The molecule has 2 N–H and O–H groups in total. The zero-order valence-electron chi connectivity index (χ0n) is 6.04. The van der Waals surface area contributed by atoms with E-state index in [1.54, 1.807) is 6.07 Å².